The molecule has 0 saturated heterocycles. The van der Waals surface area contributed by atoms with Gasteiger partial charge in [0, 0.05) is 5.88 Å². The van der Waals surface area contributed by atoms with Gasteiger partial charge in [-0.2, -0.15) is 11.8 Å². The lowest BCUT2D eigenvalue weighted by atomic mass is 10.2. The maximum absolute atomic E-state index is 5.62. The minimum atomic E-state index is 0.700. The fourth-order valence-electron chi connectivity index (χ4n) is 0.506. The van der Waals surface area contributed by atoms with E-state index in [1.807, 2.05) is 11.8 Å². The summed E-state index contributed by atoms with van der Waals surface area (Å²) in [4.78, 5) is 0. The van der Waals surface area contributed by atoms with E-state index in [1.54, 1.807) is 0 Å². The molecule has 0 aliphatic rings. The largest absolute Gasteiger partial charge is 0.162 e. The third-order valence-electron chi connectivity index (χ3n) is 1.22. The van der Waals surface area contributed by atoms with E-state index in [9.17, 15) is 0 Å². The fourth-order valence-corrected chi connectivity index (χ4v) is 1.52. The van der Waals surface area contributed by atoms with E-state index < -0.39 is 0 Å². The lowest BCUT2D eigenvalue weighted by Gasteiger charge is -2.04. The van der Waals surface area contributed by atoms with Crippen LogP contribution in [0.1, 0.15) is 20.3 Å². The van der Waals surface area contributed by atoms with Crippen LogP contribution in [-0.2, 0) is 0 Å². The van der Waals surface area contributed by atoms with Gasteiger partial charge in [0.05, 0.1) is 0 Å². The highest BCUT2D eigenvalue weighted by Crippen LogP contribution is 2.09. The molecule has 0 amide bonds. The van der Waals surface area contributed by atoms with Gasteiger partial charge in [0.25, 0.3) is 0 Å². The van der Waals surface area contributed by atoms with Gasteiger partial charge in [0.1, 0.15) is 0 Å². The maximum Gasteiger partial charge on any atom is 0.0249 e. The molecule has 1 atom stereocenters. The molecule has 0 aromatic carbocycles. The number of alkyl halides is 1. The van der Waals surface area contributed by atoms with Gasteiger partial charge in [-0.3, -0.25) is 0 Å². The quantitative estimate of drug-likeness (QED) is 0.447. The molecule has 0 N–H and O–H groups in total. The first-order chi connectivity index (χ1) is 4.31. The Bertz CT molecular complexity index is 56.9. The molecule has 56 valence electrons. The van der Waals surface area contributed by atoms with E-state index in [0.717, 1.165) is 5.88 Å². The van der Waals surface area contributed by atoms with E-state index in [-0.39, 0.29) is 0 Å². The van der Waals surface area contributed by atoms with E-state index in [2.05, 4.69) is 13.8 Å². The van der Waals surface area contributed by atoms with Crippen molar-refractivity contribution in [1.29, 1.82) is 0 Å². The zero-order valence-electron chi connectivity index (χ0n) is 6.19. The van der Waals surface area contributed by atoms with Crippen molar-refractivity contribution >= 4 is 23.4 Å². The molecular formula is C7H15ClS. The first-order valence-corrected chi connectivity index (χ1v) is 5.13. The van der Waals surface area contributed by atoms with E-state index in [1.165, 1.54) is 17.9 Å². The van der Waals surface area contributed by atoms with Crippen molar-refractivity contribution in [2.24, 2.45) is 5.92 Å². The molecule has 0 aromatic rings. The third-order valence-corrected chi connectivity index (χ3v) is 2.68. The Morgan fingerprint density at radius 2 is 2.22 bits per heavy atom. The number of rotatable bonds is 5. The monoisotopic (exact) mass is 166 g/mol. The predicted octanol–water partition coefficient (Wildman–Crippen LogP) is 3.00. The van der Waals surface area contributed by atoms with E-state index in [4.69, 9.17) is 11.6 Å². The Labute approximate surface area is 67.4 Å². The van der Waals surface area contributed by atoms with Gasteiger partial charge >= 0.3 is 0 Å². The average Bonchev–Trinajstić information content (AvgIpc) is 1.89. The smallest absolute Gasteiger partial charge is 0.0249 e. The number of thioether (sulfide) groups is 1. The lowest BCUT2D eigenvalue weighted by molar-refractivity contribution is 0.639. The first kappa shape index (κ1) is 9.64. The molecule has 1 unspecified atom stereocenters. The summed E-state index contributed by atoms with van der Waals surface area (Å²) in [6.45, 7) is 4.39. The molecule has 0 aliphatic heterocycles. The number of halogens is 1. The Morgan fingerprint density at radius 3 is 2.67 bits per heavy atom. The van der Waals surface area contributed by atoms with Crippen molar-refractivity contribution in [1.82, 2.24) is 0 Å². The van der Waals surface area contributed by atoms with Gasteiger partial charge in [-0.25, -0.2) is 0 Å². The average molecular weight is 167 g/mol. The van der Waals surface area contributed by atoms with Crippen LogP contribution in [0.25, 0.3) is 0 Å². The summed E-state index contributed by atoms with van der Waals surface area (Å²) in [7, 11) is 0. The molecule has 0 spiro atoms. The van der Waals surface area contributed by atoms with Crippen molar-refractivity contribution < 1.29 is 0 Å². The Morgan fingerprint density at radius 1 is 1.56 bits per heavy atom. The highest BCUT2D eigenvalue weighted by atomic mass is 35.5. The van der Waals surface area contributed by atoms with Gasteiger partial charge < -0.3 is 0 Å². The Balaban J connectivity index is 2.88. The summed E-state index contributed by atoms with van der Waals surface area (Å²) in [5.41, 5.74) is 0. The number of hydrogen-bond donors (Lipinski definition) is 0. The molecule has 0 bridgehead atoms. The zero-order valence-corrected chi connectivity index (χ0v) is 7.76. The van der Waals surface area contributed by atoms with Crippen molar-refractivity contribution in [3.05, 3.63) is 0 Å². The van der Waals surface area contributed by atoms with E-state index >= 15 is 0 Å². The Kier molecular flexibility index (Phi) is 7.24. The second-order valence-electron chi connectivity index (χ2n) is 2.25. The minimum Gasteiger partial charge on any atom is -0.162 e. The van der Waals surface area contributed by atoms with E-state index in [0.29, 0.717) is 5.92 Å². The van der Waals surface area contributed by atoms with Crippen LogP contribution in [0.15, 0.2) is 0 Å². The van der Waals surface area contributed by atoms with Crippen molar-refractivity contribution in [3.8, 4) is 0 Å². The highest BCUT2D eigenvalue weighted by Gasteiger charge is 1.97. The van der Waals surface area contributed by atoms with Crippen molar-refractivity contribution in [3.63, 3.8) is 0 Å². The molecule has 9 heavy (non-hydrogen) atoms. The van der Waals surface area contributed by atoms with Gasteiger partial charge in [0.2, 0.25) is 0 Å². The standard InChI is InChI=1S/C7H15ClS/c1-3-9-5-4-7(2)6-8/h7H,3-6H2,1-2H3. The highest BCUT2D eigenvalue weighted by molar-refractivity contribution is 7.99. The molecule has 0 heterocycles. The predicted molar refractivity (Wildman–Crippen MR) is 47.5 cm³/mol. The number of hydrogen-bond acceptors (Lipinski definition) is 1. The summed E-state index contributed by atoms with van der Waals surface area (Å²) in [5.74, 6) is 4.01. The maximum atomic E-state index is 5.62. The molecule has 0 radical (unpaired) electrons. The molecular weight excluding hydrogens is 152 g/mol. The topological polar surface area (TPSA) is 0 Å². The van der Waals surface area contributed by atoms with Crippen LogP contribution in [0.4, 0.5) is 0 Å². The van der Waals surface area contributed by atoms with Gasteiger partial charge in [-0.05, 0) is 23.8 Å². The van der Waals surface area contributed by atoms with Gasteiger partial charge in [-0.15, -0.1) is 11.6 Å². The summed E-state index contributed by atoms with van der Waals surface area (Å²) in [5, 5.41) is 0. The molecule has 0 fully saturated rings. The van der Waals surface area contributed by atoms with Crippen molar-refractivity contribution in [2.45, 2.75) is 20.3 Å². The molecule has 2 heteroatoms. The van der Waals surface area contributed by atoms with Crippen LogP contribution >= 0.6 is 23.4 Å². The molecule has 0 nitrogen and oxygen atoms in total. The second-order valence-corrected chi connectivity index (χ2v) is 3.95. The van der Waals surface area contributed by atoms with Crippen LogP contribution in [0, 0.1) is 5.92 Å². The van der Waals surface area contributed by atoms with Gasteiger partial charge in [0.15, 0.2) is 0 Å². The van der Waals surface area contributed by atoms with Crippen LogP contribution in [0.3, 0.4) is 0 Å². The molecule has 0 rings (SSSR count). The van der Waals surface area contributed by atoms with Crippen LogP contribution in [-0.4, -0.2) is 17.4 Å². The van der Waals surface area contributed by atoms with Crippen LogP contribution in [0.5, 0.6) is 0 Å². The zero-order chi connectivity index (χ0) is 7.11. The van der Waals surface area contributed by atoms with Crippen LogP contribution in [0.2, 0.25) is 0 Å². The normalized spacial score (nSPS) is 13.7. The van der Waals surface area contributed by atoms with Crippen molar-refractivity contribution in [2.75, 3.05) is 17.4 Å². The molecule has 0 aromatic heterocycles. The minimum absolute atomic E-state index is 0.700. The summed E-state index contributed by atoms with van der Waals surface area (Å²) in [6.07, 6.45) is 1.27. The Hall–Kier alpha value is 0.640. The summed E-state index contributed by atoms with van der Waals surface area (Å²) < 4.78 is 0. The fraction of sp³-hybridized carbons (Fsp3) is 1.00. The summed E-state index contributed by atoms with van der Waals surface area (Å²) in [6, 6.07) is 0. The molecule has 0 aliphatic carbocycles. The SMILES string of the molecule is CCSCCC(C)CCl. The molecule has 0 saturated carbocycles. The summed E-state index contributed by atoms with van der Waals surface area (Å²) >= 11 is 7.61. The lowest BCUT2D eigenvalue weighted by Crippen LogP contribution is -1.97. The van der Waals surface area contributed by atoms with Crippen LogP contribution < -0.4 is 0 Å². The second kappa shape index (κ2) is 6.76. The first-order valence-electron chi connectivity index (χ1n) is 3.45. The third kappa shape index (κ3) is 6.53. The van der Waals surface area contributed by atoms with Gasteiger partial charge in [-0.1, -0.05) is 13.8 Å².